The van der Waals surface area contributed by atoms with Crippen molar-refractivity contribution in [2.45, 2.75) is 38.3 Å². The number of ether oxygens (including phenoxy) is 2. The van der Waals surface area contributed by atoms with E-state index < -0.39 is 0 Å². The molecular weight excluding hydrogens is 386 g/mol. The first-order valence-corrected chi connectivity index (χ1v) is 12.3. The first-order valence-electron chi connectivity index (χ1n) is 11.1. The highest BCUT2D eigenvalue weighted by atomic mass is 32.2. The zero-order chi connectivity index (χ0) is 20.3. The molecule has 3 saturated heterocycles. The van der Waals surface area contributed by atoms with Gasteiger partial charge in [-0.25, -0.2) is 0 Å². The van der Waals surface area contributed by atoms with Crippen molar-refractivity contribution < 1.29 is 9.47 Å². The zero-order valence-electron chi connectivity index (χ0n) is 18.3. The second-order valence-corrected chi connectivity index (χ2v) is 9.90. The van der Waals surface area contributed by atoms with Crippen LogP contribution in [0.15, 0.2) is 0 Å². The van der Waals surface area contributed by atoms with E-state index in [9.17, 15) is 0 Å². The highest BCUT2D eigenvalue weighted by Crippen LogP contribution is 2.34. The van der Waals surface area contributed by atoms with Gasteiger partial charge in [-0.05, 0) is 18.1 Å². The third-order valence-electron chi connectivity index (χ3n) is 6.52. The normalized spacial score (nSPS) is 26.6. The first-order chi connectivity index (χ1) is 14.1. The molecule has 3 aliphatic rings. The molecule has 0 bridgehead atoms. The van der Waals surface area contributed by atoms with Crippen LogP contribution in [-0.2, 0) is 23.1 Å². The Kier molecular flexibility index (Phi) is 7.06. The van der Waals surface area contributed by atoms with E-state index in [0.717, 1.165) is 65.7 Å². The van der Waals surface area contributed by atoms with E-state index in [4.69, 9.17) is 14.6 Å². The van der Waals surface area contributed by atoms with E-state index in [1.54, 1.807) is 0 Å². The van der Waals surface area contributed by atoms with Crippen LogP contribution in [0.5, 0.6) is 0 Å². The lowest BCUT2D eigenvalue weighted by Crippen LogP contribution is -2.58. The third kappa shape index (κ3) is 4.61. The van der Waals surface area contributed by atoms with Crippen LogP contribution in [0.1, 0.15) is 37.4 Å². The second kappa shape index (κ2) is 9.56. The molecule has 1 N–H and O–H groups in total. The number of nitrogens with zero attached hydrogens (tertiary/aromatic N) is 4. The Morgan fingerprint density at radius 1 is 1.10 bits per heavy atom. The van der Waals surface area contributed by atoms with Gasteiger partial charge in [0, 0.05) is 63.2 Å². The summed E-state index contributed by atoms with van der Waals surface area (Å²) in [6.07, 6.45) is 1.27. The maximum atomic E-state index is 5.61. The van der Waals surface area contributed by atoms with Crippen molar-refractivity contribution in [1.82, 2.24) is 20.0 Å². The molecule has 4 heterocycles. The minimum atomic E-state index is 0.272. The molecule has 0 aliphatic carbocycles. The predicted molar refractivity (Wildman–Crippen MR) is 119 cm³/mol. The summed E-state index contributed by atoms with van der Waals surface area (Å²) in [7, 11) is 2.09. The number of aryl methyl sites for hydroxylation is 1. The summed E-state index contributed by atoms with van der Waals surface area (Å²) in [4.78, 5) is 5.13. The Hall–Kier alpha value is -0.800. The van der Waals surface area contributed by atoms with Gasteiger partial charge in [-0.3, -0.25) is 9.58 Å². The van der Waals surface area contributed by atoms with Crippen molar-refractivity contribution in [3.05, 3.63) is 11.3 Å². The number of aromatic nitrogens is 2. The summed E-state index contributed by atoms with van der Waals surface area (Å²) in [6, 6.07) is 0. The first kappa shape index (κ1) is 21.4. The maximum absolute atomic E-state index is 5.61. The van der Waals surface area contributed by atoms with Crippen molar-refractivity contribution >= 4 is 17.6 Å². The summed E-state index contributed by atoms with van der Waals surface area (Å²) in [6.45, 7) is 13.8. The minimum absolute atomic E-state index is 0.272. The number of nitrogens with one attached hydrogen (secondary N) is 1. The lowest BCUT2D eigenvalue weighted by molar-refractivity contribution is -0.0134. The molecule has 8 heteroatoms. The van der Waals surface area contributed by atoms with Crippen molar-refractivity contribution in [3.63, 3.8) is 0 Å². The fourth-order valence-corrected chi connectivity index (χ4v) is 6.42. The van der Waals surface area contributed by atoms with E-state index >= 15 is 0 Å². The number of anilines is 1. The van der Waals surface area contributed by atoms with Crippen LogP contribution in [0.2, 0.25) is 0 Å². The highest BCUT2D eigenvalue weighted by molar-refractivity contribution is 7.99. The molecule has 7 nitrogen and oxygen atoms in total. The molecule has 0 spiro atoms. The molecule has 4 rings (SSSR count). The molecule has 0 radical (unpaired) electrons. The van der Waals surface area contributed by atoms with E-state index in [1.165, 1.54) is 35.0 Å². The van der Waals surface area contributed by atoms with Crippen molar-refractivity contribution in [1.29, 1.82) is 0 Å². The maximum Gasteiger partial charge on any atom is 0.131 e. The monoisotopic (exact) mass is 423 g/mol. The molecule has 29 heavy (non-hydrogen) atoms. The van der Waals surface area contributed by atoms with Crippen LogP contribution < -0.4 is 10.2 Å². The summed E-state index contributed by atoms with van der Waals surface area (Å²) in [5.74, 6) is 4.18. The van der Waals surface area contributed by atoms with Gasteiger partial charge < -0.3 is 19.7 Å². The number of morpholine rings is 2. The summed E-state index contributed by atoms with van der Waals surface area (Å²) in [5.41, 5.74) is 2.86. The Labute approximate surface area is 179 Å². The molecule has 1 atom stereocenters. The van der Waals surface area contributed by atoms with Crippen LogP contribution in [0.25, 0.3) is 0 Å². The Balaban J connectivity index is 1.49. The largest absolute Gasteiger partial charge is 0.379 e. The average Bonchev–Trinajstić information content (AvgIpc) is 3.35. The van der Waals surface area contributed by atoms with E-state index in [1.807, 2.05) is 0 Å². The van der Waals surface area contributed by atoms with Crippen LogP contribution in [0.4, 0.5) is 5.82 Å². The summed E-state index contributed by atoms with van der Waals surface area (Å²) < 4.78 is 13.3. The molecule has 164 valence electrons. The van der Waals surface area contributed by atoms with Gasteiger partial charge in [0.1, 0.15) is 5.82 Å². The van der Waals surface area contributed by atoms with Gasteiger partial charge in [0.2, 0.25) is 0 Å². The van der Waals surface area contributed by atoms with Gasteiger partial charge in [0.25, 0.3) is 0 Å². The lowest BCUT2D eigenvalue weighted by atomic mass is 9.95. The molecule has 1 unspecified atom stereocenters. The minimum Gasteiger partial charge on any atom is -0.379 e. The van der Waals surface area contributed by atoms with E-state index in [0.29, 0.717) is 5.92 Å². The number of rotatable bonds is 7. The van der Waals surface area contributed by atoms with Gasteiger partial charge >= 0.3 is 0 Å². The van der Waals surface area contributed by atoms with Gasteiger partial charge in [-0.15, -0.1) is 0 Å². The molecule has 3 aliphatic heterocycles. The van der Waals surface area contributed by atoms with Gasteiger partial charge in [0.05, 0.1) is 32.1 Å². The van der Waals surface area contributed by atoms with Crippen LogP contribution in [0, 0.1) is 0 Å². The zero-order valence-corrected chi connectivity index (χ0v) is 19.1. The number of thioether (sulfide) groups is 1. The molecule has 0 amide bonds. The molecule has 0 saturated carbocycles. The molecule has 0 aromatic carbocycles. The Morgan fingerprint density at radius 3 is 2.41 bits per heavy atom. The van der Waals surface area contributed by atoms with Crippen LogP contribution in [-0.4, -0.2) is 90.9 Å². The number of hydrogen-bond acceptors (Lipinski definition) is 7. The third-order valence-corrected chi connectivity index (χ3v) is 7.76. The molecule has 3 fully saturated rings. The van der Waals surface area contributed by atoms with E-state index in [2.05, 4.69) is 52.5 Å². The quantitative estimate of drug-likeness (QED) is 0.716. The average molecular weight is 424 g/mol. The number of hydrogen-bond donors (Lipinski definition) is 1. The van der Waals surface area contributed by atoms with Crippen LogP contribution >= 0.6 is 11.8 Å². The van der Waals surface area contributed by atoms with Crippen molar-refractivity contribution in [3.8, 4) is 0 Å². The van der Waals surface area contributed by atoms with Gasteiger partial charge in [0.15, 0.2) is 0 Å². The lowest BCUT2D eigenvalue weighted by Gasteiger charge is -2.43. The smallest absolute Gasteiger partial charge is 0.131 e. The highest BCUT2D eigenvalue weighted by Gasteiger charge is 2.40. The SMILES string of the molecule is CC(C)c1nn(C)c(N2CCOCC2)c1CNCC1(N2CCOCC2)CCSC1. The van der Waals surface area contributed by atoms with Gasteiger partial charge in [-0.1, -0.05) is 13.8 Å². The fourth-order valence-electron chi connectivity index (χ4n) is 4.94. The summed E-state index contributed by atoms with van der Waals surface area (Å²) >= 11 is 2.10. The fraction of sp³-hybridized carbons (Fsp3) is 0.857. The van der Waals surface area contributed by atoms with Gasteiger partial charge in [-0.2, -0.15) is 16.9 Å². The standard InChI is InChI=1S/C21H37N5O2S/c1-17(2)19-18(20(24(3)23-19)25-5-9-27-10-6-25)14-22-15-21(4-13-29-16-21)26-7-11-28-12-8-26/h17,22H,4-16H2,1-3H3. The topological polar surface area (TPSA) is 54.8 Å². The second-order valence-electron chi connectivity index (χ2n) is 8.80. The van der Waals surface area contributed by atoms with Crippen molar-refractivity contribution in [2.75, 3.05) is 75.6 Å². The predicted octanol–water partition coefficient (Wildman–Crippen LogP) is 1.68. The van der Waals surface area contributed by atoms with Crippen LogP contribution in [0.3, 0.4) is 0 Å². The Morgan fingerprint density at radius 2 is 1.79 bits per heavy atom. The molecule has 1 aromatic rings. The molecule has 1 aromatic heterocycles. The van der Waals surface area contributed by atoms with E-state index in [-0.39, 0.29) is 5.54 Å². The Bertz CT molecular complexity index is 662. The van der Waals surface area contributed by atoms with Crippen molar-refractivity contribution in [2.24, 2.45) is 7.05 Å². The summed E-state index contributed by atoms with van der Waals surface area (Å²) in [5, 5.41) is 8.77. The molecular formula is C21H37N5O2S.